The van der Waals surface area contributed by atoms with Crippen LogP contribution in [0.15, 0.2) is 44.8 Å². The molecule has 25 heavy (non-hydrogen) atoms. The molecule has 7 heteroatoms. The van der Waals surface area contributed by atoms with Crippen LogP contribution in [0.5, 0.6) is 0 Å². The first-order valence-corrected chi connectivity index (χ1v) is 9.62. The third kappa shape index (κ3) is 3.20. The molecule has 4 rings (SSSR count). The molecule has 0 aliphatic heterocycles. The number of aromatic nitrogens is 2. The van der Waals surface area contributed by atoms with Crippen molar-refractivity contribution < 1.29 is 9.21 Å². The van der Waals surface area contributed by atoms with Crippen LogP contribution in [0.1, 0.15) is 36.1 Å². The number of carbonyl (C=O) groups excluding carboxylic acids is 1. The summed E-state index contributed by atoms with van der Waals surface area (Å²) in [5, 5.41) is 9.51. The number of thiazole rings is 1. The van der Waals surface area contributed by atoms with Gasteiger partial charge in [-0.05, 0) is 29.6 Å². The first kappa shape index (κ1) is 16.0. The highest BCUT2D eigenvalue weighted by Gasteiger charge is 2.14. The smallest absolute Gasteiger partial charge is 0.275 e. The summed E-state index contributed by atoms with van der Waals surface area (Å²) in [6.07, 6.45) is 0. The normalized spacial score (nSPS) is 11.3. The lowest BCUT2D eigenvalue weighted by Crippen LogP contribution is -2.12. The molecular formula is C18H15N3O2S2. The zero-order valence-corrected chi connectivity index (χ0v) is 15.3. The Bertz CT molecular complexity index is 1030. The highest BCUT2D eigenvalue weighted by atomic mass is 32.1. The third-order valence-electron chi connectivity index (χ3n) is 3.66. The molecule has 3 aromatic heterocycles. The molecule has 126 valence electrons. The minimum Gasteiger partial charge on any atom is -0.440 e. The Labute approximate surface area is 152 Å². The topological polar surface area (TPSA) is 68.0 Å². The molecule has 1 aromatic carbocycles. The Kier molecular flexibility index (Phi) is 4.10. The maximum atomic E-state index is 12.4. The van der Waals surface area contributed by atoms with Crippen molar-refractivity contribution in [3.63, 3.8) is 0 Å². The average molecular weight is 369 g/mol. The predicted octanol–water partition coefficient (Wildman–Crippen LogP) is 5.39. The van der Waals surface area contributed by atoms with Crippen LogP contribution in [0, 0.1) is 0 Å². The molecular weight excluding hydrogens is 354 g/mol. The summed E-state index contributed by atoms with van der Waals surface area (Å²) in [5.74, 6) is 0.680. The molecule has 0 aliphatic carbocycles. The molecule has 0 radical (unpaired) electrons. The van der Waals surface area contributed by atoms with Crippen molar-refractivity contribution in [2.24, 2.45) is 0 Å². The van der Waals surface area contributed by atoms with E-state index in [0.717, 1.165) is 21.7 Å². The third-order valence-corrected chi connectivity index (χ3v) is 5.24. The van der Waals surface area contributed by atoms with Crippen molar-refractivity contribution in [2.45, 2.75) is 19.8 Å². The number of amides is 1. The lowest BCUT2D eigenvalue weighted by molar-refractivity contribution is 0.102. The largest absolute Gasteiger partial charge is 0.440 e. The van der Waals surface area contributed by atoms with E-state index in [-0.39, 0.29) is 11.8 Å². The summed E-state index contributed by atoms with van der Waals surface area (Å²) in [6.45, 7) is 4.06. The molecule has 0 bridgehead atoms. The SMILES string of the molecule is CC(C)c1nc2cc(NC(=O)c3csc(-c4ccsc4)n3)ccc2o1. The van der Waals surface area contributed by atoms with Crippen LogP contribution < -0.4 is 5.32 Å². The number of thiophene rings is 1. The van der Waals surface area contributed by atoms with Gasteiger partial charge in [0.05, 0.1) is 0 Å². The van der Waals surface area contributed by atoms with Crippen LogP contribution in [0.2, 0.25) is 0 Å². The molecule has 0 fully saturated rings. The number of fused-ring (bicyclic) bond motifs is 1. The number of anilines is 1. The Morgan fingerprint density at radius 2 is 2.08 bits per heavy atom. The zero-order valence-electron chi connectivity index (χ0n) is 13.6. The van der Waals surface area contributed by atoms with Crippen LogP contribution in [-0.4, -0.2) is 15.9 Å². The molecule has 1 N–H and O–H groups in total. The highest BCUT2D eigenvalue weighted by molar-refractivity contribution is 7.14. The lowest BCUT2D eigenvalue weighted by Gasteiger charge is -2.02. The highest BCUT2D eigenvalue weighted by Crippen LogP contribution is 2.27. The van der Waals surface area contributed by atoms with Gasteiger partial charge in [-0.25, -0.2) is 9.97 Å². The second kappa shape index (κ2) is 6.42. The van der Waals surface area contributed by atoms with Crippen LogP contribution in [0.4, 0.5) is 5.69 Å². The van der Waals surface area contributed by atoms with Gasteiger partial charge in [-0.2, -0.15) is 11.3 Å². The van der Waals surface area contributed by atoms with Gasteiger partial charge in [0.25, 0.3) is 5.91 Å². The van der Waals surface area contributed by atoms with Crippen molar-refractivity contribution in [3.8, 4) is 10.6 Å². The summed E-state index contributed by atoms with van der Waals surface area (Å²) < 4.78 is 5.69. The van der Waals surface area contributed by atoms with E-state index in [1.54, 1.807) is 16.7 Å². The molecule has 0 spiro atoms. The molecule has 1 amide bonds. The minimum absolute atomic E-state index is 0.218. The maximum Gasteiger partial charge on any atom is 0.275 e. The minimum atomic E-state index is -0.232. The molecule has 3 heterocycles. The number of carbonyl (C=O) groups is 1. The van der Waals surface area contributed by atoms with E-state index in [9.17, 15) is 4.79 Å². The predicted molar refractivity (Wildman–Crippen MR) is 101 cm³/mol. The van der Waals surface area contributed by atoms with E-state index >= 15 is 0 Å². The average Bonchev–Trinajstić information content (AvgIpc) is 3.33. The van der Waals surface area contributed by atoms with Crippen molar-refractivity contribution in [3.05, 3.63) is 52.0 Å². The van der Waals surface area contributed by atoms with Crippen molar-refractivity contribution in [1.82, 2.24) is 9.97 Å². The zero-order chi connectivity index (χ0) is 17.4. The first-order chi connectivity index (χ1) is 12.1. The molecule has 0 aliphatic rings. The van der Waals surface area contributed by atoms with Gasteiger partial charge in [0.15, 0.2) is 11.5 Å². The van der Waals surface area contributed by atoms with Gasteiger partial charge in [-0.15, -0.1) is 11.3 Å². The van der Waals surface area contributed by atoms with Crippen LogP contribution in [0.3, 0.4) is 0 Å². The monoisotopic (exact) mass is 369 g/mol. The van der Waals surface area contributed by atoms with Gasteiger partial charge in [-0.3, -0.25) is 4.79 Å². The van der Waals surface area contributed by atoms with Gasteiger partial charge in [-0.1, -0.05) is 13.8 Å². The molecule has 0 unspecified atom stereocenters. The van der Waals surface area contributed by atoms with Crippen LogP contribution in [-0.2, 0) is 0 Å². The Balaban J connectivity index is 1.55. The van der Waals surface area contributed by atoms with E-state index in [2.05, 4.69) is 15.3 Å². The van der Waals surface area contributed by atoms with E-state index in [1.165, 1.54) is 11.3 Å². The van der Waals surface area contributed by atoms with Crippen molar-refractivity contribution >= 4 is 45.4 Å². The summed E-state index contributed by atoms with van der Waals surface area (Å²) in [6, 6.07) is 7.44. The van der Waals surface area contributed by atoms with E-state index < -0.39 is 0 Å². The summed E-state index contributed by atoms with van der Waals surface area (Å²) in [5.41, 5.74) is 3.58. The Morgan fingerprint density at radius 1 is 1.20 bits per heavy atom. The summed E-state index contributed by atoms with van der Waals surface area (Å²) >= 11 is 3.07. The van der Waals surface area contributed by atoms with Gasteiger partial charge >= 0.3 is 0 Å². The maximum absolute atomic E-state index is 12.4. The van der Waals surface area contributed by atoms with Gasteiger partial charge in [0.2, 0.25) is 0 Å². The van der Waals surface area contributed by atoms with Gasteiger partial charge in [0, 0.05) is 27.9 Å². The number of hydrogen-bond acceptors (Lipinski definition) is 6. The van der Waals surface area contributed by atoms with Crippen LogP contribution >= 0.6 is 22.7 Å². The van der Waals surface area contributed by atoms with E-state index in [0.29, 0.717) is 17.3 Å². The van der Waals surface area contributed by atoms with Crippen molar-refractivity contribution in [2.75, 3.05) is 5.32 Å². The molecule has 0 saturated carbocycles. The summed E-state index contributed by atoms with van der Waals surface area (Å²) in [7, 11) is 0. The Morgan fingerprint density at radius 3 is 2.84 bits per heavy atom. The first-order valence-electron chi connectivity index (χ1n) is 7.80. The number of nitrogens with zero attached hydrogens (tertiary/aromatic N) is 2. The van der Waals surface area contributed by atoms with Gasteiger partial charge in [0.1, 0.15) is 16.2 Å². The molecule has 4 aromatic rings. The number of nitrogens with one attached hydrogen (secondary N) is 1. The fourth-order valence-corrected chi connectivity index (χ4v) is 3.87. The second-order valence-electron chi connectivity index (χ2n) is 5.89. The Hall–Kier alpha value is -2.51. The van der Waals surface area contributed by atoms with Gasteiger partial charge < -0.3 is 9.73 Å². The number of rotatable bonds is 4. The summed E-state index contributed by atoms with van der Waals surface area (Å²) in [4.78, 5) is 21.3. The molecule has 0 atom stereocenters. The molecule has 5 nitrogen and oxygen atoms in total. The number of benzene rings is 1. The number of oxazole rings is 1. The van der Waals surface area contributed by atoms with E-state index in [4.69, 9.17) is 4.42 Å². The molecule has 0 saturated heterocycles. The van der Waals surface area contributed by atoms with Crippen molar-refractivity contribution in [1.29, 1.82) is 0 Å². The van der Waals surface area contributed by atoms with E-state index in [1.807, 2.05) is 48.9 Å². The lowest BCUT2D eigenvalue weighted by atomic mass is 10.2. The fourth-order valence-electron chi connectivity index (χ4n) is 2.36. The second-order valence-corrected chi connectivity index (χ2v) is 7.53. The number of hydrogen-bond donors (Lipinski definition) is 1. The van der Waals surface area contributed by atoms with Crippen LogP contribution in [0.25, 0.3) is 21.7 Å². The quantitative estimate of drug-likeness (QED) is 0.524. The fraction of sp³-hybridized carbons (Fsp3) is 0.167. The standard InChI is InChI=1S/C18H15N3O2S2/c1-10(2)17-20-13-7-12(3-4-15(13)23-17)19-16(22)14-9-25-18(21-14)11-5-6-24-8-11/h3-10H,1-2H3,(H,19,22).